The SMILES string of the molecule is CCC(CC(F)(F)F)C(=O)C=C(O)C(CC(F)(F)F)CC(F)(F)F. The van der Waals surface area contributed by atoms with Gasteiger partial charge >= 0.3 is 18.5 Å². The predicted octanol–water partition coefficient (Wildman–Crippen LogP) is 5.50. The molecule has 1 N–H and O–H groups in total. The second-order valence-electron chi connectivity index (χ2n) is 5.23. The number of hydrogen-bond donors (Lipinski definition) is 1. The van der Waals surface area contributed by atoms with Gasteiger partial charge in [-0.15, -0.1) is 0 Å². The molecule has 0 rings (SSSR count). The lowest BCUT2D eigenvalue weighted by Gasteiger charge is -2.20. The number of carbonyl (C=O) groups is 1. The third kappa shape index (κ3) is 10.4. The van der Waals surface area contributed by atoms with E-state index >= 15 is 0 Å². The van der Waals surface area contributed by atoms with E-state index in [2.05, 4.69) is 0 Å². The van der Waals surface area contributed by atoms with Crippen LogP contribution in [0.5, 0.6) is 0 Å². The minimum absolute atomic E-state index is 0.0298. The molecule has 0 aromatic rings. The quantitative estimate of drug-likeness (QED) is 0.363. The van der Waals surface area contributed by atoms with Gasteiger partial charge in [0.1, 0.15) is 0 Å². The van der Waals surface area contributed by atoms with Gasteiger partial charge in [0.15, 0.2) is 5.78 Å². The Labute approximate surface area is 131 Å². The van der Waals surface area contributed by atoms with Crippen molar-refractivity contribution >= 4 is 5.78 Å². The third-order valence-electron chi connectivity index (χ3n) is 3.04. The van der Waals surface area contributed by atoms with E-state index in [1.807, 2.05) is 0 Å². The van der Waals surface area contributed by atoms with Gasteiger partial charge in [0.05, 0.1) is 25.0 Å². The summed E-state index contributed by atoms with van der Waals surface area (Å²) >= 11 is 0. The molecule has 1 unspecified atom stereocenters. The van der Waals surface area contributed by atoms with Crippen molar-refractivity contribution in [3.8, 4) is 0 Å². The first-order valence-corrected chi connectivity index (χ1v) is 6.68. The van der Waals surface area contributed by atoms with Crippen LogP contribution in [0.4, 0.5) is 39.5 Å². The molecule has 0 aliphatic heterocycles. The Bertz CT molecular complexity index is 430. The maximum Gasteiger partial charge on any atom is 0.389 e. The lowest BCUT2D eigenvalue weighted by Crippen LogP contribution is -2.25. The van der Waals surface area contributed by atoms with Crippen LogP contribution in [0.25, 0.3) is 0 Å². The molecule has 0 aliphatic carbocycles. The zero-order valence-electron chi connectivity index (χ0n) is 12.3. The number of alkyl halides is 9. The number of carbonyl (C=O) groups excluding carboxylic acids is 1. The molecule has 2 nitrogen and oxygen atoms in total. The standard InChI is InChI=1S/C13H15F9O2/c1-2-7(4-11(14,15)16)9(23)3-10(24)8(5-12(17,18)19)6-13(20,21)22/h3,7-8,24H,2,4-6H2,1H3. The summed E-state index contributed by atoms with van der Waals surface area (Å²) in [4.78, 5) is 11.6. The second kappa shape index (κ2) is 8.11. The average Bonchev–Trinajstić information content (AvgIpc) is 2.30. The van der Waals surface area contributed by atoms with Crippen LogP contribution in [-0.4, -0.2) is 29.4 Å². The Morgan fingerprint density at radius 3 is 1.46 bits per heavy atom. The fourth-order valence-corrected chi connectivity index (χ4v) is 1.95. The van der Waals surface area contributed by atoms with Crippen molar-refractivity contribution in [1.82, 2.24) is 0 Å². The number of hydrogen-bond acceptors (Lipinski definition) is 2. The van der Waals surface area contributed by atoms with Gasteiger partial charge < -0.3 is 5.11 Å². The van der Waals surface area contributed by atoms with Crippen LogP contribution in [-0.2, 0) is 4.79 Å². The highest BCUT2D eigenvalue weighted by molar-refractivity contribution is 5.92. The first-order valence-electron chi connectivity index (χ1n) is 6.68. The molecule has 1 atom stereocenters. The van der Waals surface area contributed by atoms with Crippen LogP contribution in [0.1, 0.15) is 32.6 Å². The summed E-state index contributed by atoms with van der Waals surface area (Å²) in [6, 6.07) is 0. The van der Waals surface area contributed by atoms with E-state index < -0.39 is 61.2 Å². The summed E-state index contributed by atoms with van der Waals surface area (Å²) in [5.41, 5.74) is 0. The molecule has 0 fully saturated rings. The van der Waals surface area contributed by atoms with Crippen molar-refractivity contribution in [2.75, 3.05) is 0 Å². The van der Waals surface area contributed by atoms with Gasteiger partial charge in [-0.05, 0) is 6.42 Å². The molecule has 24 heavy (non-hydrogen) atoms. The number of aliphatic hydroxyl groups excluding tert-OH is 1. The van der Waals surface area contributed by atoms with E-state index in [0.717, 1.165) is 0 Å². The van der Waals surface area contributed by atoms with Gasteiger partial charge in [-0.2, -0.15) is 39.5 Å². The molecule has 0 spiro atoms. The van der Waals surface area contributed by atoms with Crippen LogP contribution < -0.4 is 0 Å². The normalized spacial score (nSPS) is 15.7. The Balaban J connectivity index is 5.33. The highest BCUT2D eigenvalue weighted by Crippen LogP contribution is 2.36. The molecule has 0 aromatic heterocycles. The summed E-state index contributed by atoms with van der Waals surface area (Å²) in [7, 11) is 0. The van der Waals surface area contributed by atoms with E-state index in [0.29, 0.717) is 0 Å². The summed E-state index contributed by atoms with van der Waals surface area (Å²) < 4.78 is 111. The Morgan fingerprint density at radius 2 is 1.17 bits per heavy atom. The summed E-state index contributed by atoms with van der Waals surface area (Å²) in [5.74, 6) is -7.08. The minimum atomic E-state index is -5.06. The first-order chi connectivity index (χ1) is 10.5. The molecular formula is C13H15F9O2. The van der Waals surface area contributed by atoms with E-state index in [-0.39, 0.29) is 12.5 Å². The molecular weight excluding hydrogens is 359 g/mol. The fraction of sp³-hybridized carbons (Fsp3) is 0.769. The molecule has 0 saturated heterocycles. The van der Waals surface area contributed by atoms with Crippen molar-refractivity contribution < 1.29 is 49.4 Å². The van der Waals surface area contributed by atoms with Gasteiger partial charge in [0, 0.05) is 17.9 Å². The van der Waals surface area contributed by atoms with Crippen molar-refractivity contribution in [2.24, 2.45) is 11.8 Å². The lowest BCUT2D eigenvalue weighted by atomic mass is 9.92. The second-order valence-corrected chi connectivity index (χ2v) is 5.23. The monoisotopic (exact) mass is 374 g/mol. The maximum absolute atomic E-state index is 12.3. The number of ketones is 1. The zero-order chi connectivity index (χ0) is 19.3. The Hall–Kier alpha value is -1.42. The Morgan fingerprint density at radius 1 is 0.833 bits per heavy atom. The van der Waals surface area contributed by atoms with Crippen molar-refractivity contribution in [3.63, 3.8) is 0 Å². The highest BCUT2D eigenvalue weighted by atomic mass is 19.4. The summed E-state index contributed by atoms with van der Waals surface area (Å²) in [5, 5.41) is 9.41. The van der Waals surface area contributed by atoms with E-state index in [1.165, 1.54) is 6.92 Å². The first kappa shape index (κ1) is 22.6. The number of rotatable bonds is 7. The zero-order valence-corrected chi connectivity index (χ0v) is 12.3. The molecule has 0 aliphatic rings. The molecule has 142 valence electrons. The predicted molar refractivity (Wildman–Crippen MR) is 65.0 cm³/mol. The van der Waals surface area contributed by atoms with Gasteiger partial charge in [-0.3, -0.25) is 4.79 Å². The van der Waals surface area contributed by atoms with E-state index in [9.17, 15) is 49.4 Å². The van der Waals surface area contributed by atoms with Crippen molar-refractivity contribution in [2.45, 2.75) is 51.1 Å². The highest BCUT2D eigenvalue weighted by Gasteiger charge is 2.41. The molecule has 11 heteroatoms. The molecule has 0 radical (unpaired) electrons. The van der Waals surface area contributed by atoms with E-state index in [1.54, 1.807) is 0 Å². The summed E-state index contributed by atoms with van der Waals surface area (Å²) in [6.45, 7) is 1.20. The van der Waals surface area contributed by atoms with Crippen LogP contribution in [0, 0.1) is 11.8 Å². The van der Waals surface area contributed by atoms with Crippen LogP contribution in [0.2, 0.25) is 0 Å². The topological polar surface area (TPSA) is 37.3 Å². The van der Waals surface area contributed by atoms with E-state index in [4.69, 9.17) is 0 Å². The maximum atomic E-state index is 12.3. The number of halogens is 9. The Kier molecular flexibility index (Phi) is 7.63. The van der Waals surface area contributed by atoms with Crippen molar-refractivity contribution in [1.29, 1.82) is 0 Å². The lowest BCUT2D eigenvalue weighted by molar-refractivity contribution is -0.171. The molecule has 0 saturated carbocycles. The van der Waals surface area contributed by atoms with Crippen molar-refractivity contribution in [3.05, 3.63) is 11.8 Å². The minimum Gasteiger partial charge on any atom is -0.512 e. The largest absolute Gasteiger partial charge is 0.512 e. The van der Waals surface area contributed by atoms with Gasteiger partial charge in [0.2, 0.25) is 0 Å². The average molecular weight is 374 g/mol. The van der Waals surface area contributed by atoms with Crippen LogP contribution in [0.3, 0.4) is 0 Å². The van der Waals surface area contributed by atoms with Gasteiger partial charge in [-0.25, -0.2) is 0 Å². The van der Waals surface area contributed by atoms with Gasteiger partial charge in [-0.1, -0.05) is 6.92 Å². The summed E-state index contributed by atoms with van der Waals surface area (Å²) in [6.07, 6.45) is -20.9. The van der Waals surface area contributed by atoms with Crippen LogP contribution in [0.15, 0.2) is 11.8 Å². The molecule has 0 bridgehead atoms. The molecule has 0 amide bonds. The van der Waals surface area contributed by atoms with Crippen LogP contribution >= 0.6 is 0 Å². The van der Waals surface area contributed by atoms with Gasteiger partial charge in [0.25, 0.3) is 0 Å². The number of aliphatic hydroxyl groups is 1. The number of allylic oxidation sites excluding steroid dienone is 2. The fourth-order valence-electron chi connectivity index (χ4n) is 1.95. The third-order valence-corrected chi connectivity index (χ3v) is 3.04. The molecule has 0 heterocycles. The smallest absolute Gasteiger partial charge is 0.389 e. The molecule has 0 aromatic carbocycles.